The first kappa shape index (κ1) is 19.0. The third-order valence-corrected chi connectivity index (χ3v) is 8.27. The lowest BCUT2D eigenvalue weighted by Crippen LogP contribution is -2.30. The molecule has 140 valence electrons. The molecule has 2 heterocycles. The SMILES string of the molecule is C[C@H]1CS(=O)(=O)N(c2ccc(S(=O)(=O)NCCc3cccs3)cc2)C1=O. The molecule has 0 aliphatic carbocycles. The highest BCUT2D eigenvalue weighted by molar-refractivity contribution is 7.94. The molecule has 1 atom stereocenters. The van der Waals surface area contributed by atoms with Crippen LogP contribution < -0.4 is 9.03 Å². The van der Waals surface area contributed by atoms with E-state index in [0.717, 1.165) is 9.18 Å². The van der Waals surface area contributed by atoms with Crippen molar-refractivity contribution >= 4 is 43.0 Å². The van der Waals surface area contributed by atoms with Crippen LogP contribution in [-0.2, 0) is 31.3 Å². The van der Waals surface area contributed by atoms with Gasteiger partial charge in [-0.3, -0.25) is 4.79 Å². The van der Waals surface area contributed by atoms with E-state index in [1.165, 1.54) is 24.3 Å². The van der Waals surface area contributed by atoms with E-state index in [1.54, 1.807) is 18.3 Å². The van der Waals surface area contributed by atoms with Gasteiger partial charge in [0.25, 0.3) is 0 Å². The van der Waals surface area contributed by atoms with Gasteiger partial charge in [0.2, 0.25) is 26.0 Å². The van der Waals surface area contributed by atoms with Crippen LogP contribution in [0, 0.1) is 5.92 Å². The normalized spacial score (nSPS) is 19.8. The Hall–Kier alpha value is -1.75. The predicted molar refractivity (Wildman–Crippen MR) is 100 cm³/mol. The highest BCUT2D eigenvalue weighted by atomic mass is 32.2. The van der Waals surface area contributed by atoms with Crippen LogP contribution in [0.1, 0.15) is 11.8 Å². The molecule has 0 spiro atoms. The zero-order valence-electron chi connectivity index (χ0n) is 14.0. The first-order valence-electron chi connectivity index (χ1n) is 7.90. The molecule has 1 N–H and O–H groups in total. The Morgan fingerprint density at radius 1 is 1.23 bits per heavy atom. The van der Waals surface area contributed by atoms with E-state index in [4.69, 9.17) is 0 Å². The maximum Gasteiger partial charge on any atom is 0.244 e. The molecule has 3 rings (SSSR count). The zero-order chi connectivity index (χ0) is 18.9. The standard InChI is InChI=1S/C16H18N2O5S3/c1-12-11-25(20,21)18(16(12)19)13-4-6-15(7-5-13)26(22,23)17-9-8-14-3-2-10-24-14/h2-7,10,12,17H,8-9,11H2,1H3/t12-/m0/s1. The summed E-state index contributed by atoms with van der Waals surface area (Å²) in [6.45, 7) is 1.82. The monoisotopic (exact) mass is 414 g/mol. The van der Waals surface area contributed by atoms with Gasteiger partial charge in [-0.25, -0.2) is 25.9 Å². The molecule has 26 heavy (non-hydrogen) atoms. The number of thiophene rings is 1. The number of hydrogen-bond donors (Lipinski definition) is 1. The molecule has 2 aromatic rings. The molecule has 0 unspecified atom stereocenters. The van der Waals surface area contributed by atoms with Gasteiger partial charge in [-0.2, -0.15) is 0 Å². The smallest absolute Gasteiger partial charge is 0.244 e. The summed E-state index contributed by atoms with van der Waals surface area (Å²) in [7, 11) is -7.41. The van der Waals surface area contributed by atoms with Crippen LogP contribution >= 0.6 is 11.3 Å². The quantitative estimate of drug-likeness (QED) is 0.773. The van der Waals surface area contributed by atoms with E-state index in [-0.39, 0.29) is 22.9 Å². The molecular weight excluding hydrogens is 396 g/mol. The van der Waals surface area contributed by atoms with Crippen molar-refractivity contribution in [3.05, 3.63) is 46.7 Å². The molecule has 0 bridgehead atoms. The largest absolute Gasteiger partial charge is 0.273 e. The Kier molecular flexibility index (Phi) is 5.20. The van der Waals surface area contributed by atoms with Gasteiger partial charge in [-0.05, 0) is 42.1 Å². The third-order valence-electron chi connectivity index (χ3n) is 3.99. The molecular formula is C16H18N2O5S3. The Morgan fingerprint density at radius 2 is 1.92 bits per heavy atom. The molecule has 0 radical (unpaired) electrons. The lowest BCUT2D eigenvalue weighted by Gasteiger charge is -2.15. The van der Waals surface area contributed by atoms with E-state index in [0.29, 0.717) is 6.42 Å². The van der Waals surface area contributed by atoms with Crippen molar-refractivity contribution in [2.45, 2.75) is 18.2 Å². The summed E-state index contributed by atoms with van der Waals surface area (Å²) in [5.74, 6) is -1.35. The second-order valence-electron chi connectivity index (χ2n) is 6.00. The number of carbonyl (C=O) groups excluding carboxylic acids is 1. The lowest BCUT2D eigenvalue weighted by atomic mass is 10.2. The van der Waals surface area contributed by atoms with Crippen molar-refractivity contribution in [3.8, 4) is 0 Å². The maximum atomic E-state index is 12.3. The highest BCUT2D eigenvalue weighted by Crippen LogP contribution is 2.28. The molecule has 1 saturated heterocycles. The summed E-state index contributed by atoms with van der Waals surface area (Å²) < 4.78 is 52.1. The summed E-state index contributed by atoms with van der Waals surface area (Å²) in [5.41, 5.74) is 0.150. The van der Waals surface area contributed by atoms with Crippen LogP contribution in [0.3, 0.4) is 0 Å². The van der Waals surface area contributed by atoms with Crippen molar-refractivity contribution in [2.75, 3.05) is 16.6 Å². The summed E-state index contributed by atoms with van der Waals surface area (Å²) in [4.78, 5) is 13.2. The molecule has 1 amide bonds. The average Bonchev–Trinajstić information content (AvgIpc) is 3.14. The summed E-state index contributed by atoms with van der Waals surface area (Å²) in [5, 5.41) is 1.93. The van der Waals surface area contributed by atoms with Crippen LogP contribution in [0.15, 0.2) is 46.7 Å². The summed E-state index contributed by atoms with van der Waals surface area (Å²) >= 11 is 1.56. The fourth-order valence-electron chi connectivity index (χ4n) is 2.69. The van der Waals surface area contributed by atoms with Gasteiger partial charge < -0.3 is 0 Å². The second kappa shape index (κ2) is 7.10. The number of amides is 1. The maximum absolute atomic E-state index is 12.3. The van der Waals surface area contributed by atoms with E-state index in [1.807, 2.05) is 17.5 Å². The third kappa shape index (κ3) is 3.83. The average molecular weight is 415 g/mol. The fourth-order valence-corrected chi connectivity index (χ4v) is 6.26. The Morgan fingerprint density at radius 3 is 2.46 bits per heavy atom. The Balaban J connectivity index is 1.73. The molecule has 1 aromatic heterocycles. The summed E-state index contributed by atoms with van der Waals surface area (Å²) in [6, 6.07) is 9.11. The molecule has 1 aliphatic heterocycles. The summed E-state index contributed by atoms with van der Waals surface area (Å²) in [6.07, 6.45) is 0.591. The van der Waals surface area contributed by atoms with Crippen molar-refractivity contribution < 1.29 is 21.6 Å². The minimum Gasteiger partial charge on any atom is -0.273 e. The molecule has 10 heteroatoms. The number of sulfonamides is 2. The van der Waals surface area contributed by atoms with Crippen LogP contribution in [0.4, 0.5) is 5.69 Å². The van der Waals surface area contributed by atoms with Crippen molar-refractivity contribution in [1.82, 2.24) is 4.72 Å². The first-order valence-corrected chi connectivity index (χ1v) is 11.9. The molecule has 1 fully saturated rings. The van der Waals surface area contributed by atoms with E-state index in [2.05, 4.69) is 4.72 Å². The van der Waals surface area contributed by atoms with Crippen molar-refractivity contribution in [1.29, 1.82) is 0 Å². The van der Waals surface area contributed by atoms with Gasteiger partial charge in [0.15, 0.2) is 0 Å². The molecule has 1 aromatic carbocycles. The van der Waals surface area contributed by atoms with Crippen LogP contribution in [0.2, 0.25) is 0 Å². The molecule has 1 aliphatic rings. The zero-order valence-corrected chi connectivity index (χ0v) is 16.4. The predicted octanol–water partition coefficient (Wildman–Crippen LogP) is 1.58. The van der Waals surface area contributed by atoms with E-state index < -0.39 is 31.9 Å². The number of nitrogens with zero attached hydrogens (tertiary/aromatic N) is 1. The van der Waals surface area contributed by atoms with Crippen molar-refractivity contribution in [3.63, 3.8) is 0 Å². The van der Waals surface area contributed by atoms with E-state index >= 15 is 0 Å². The Labute approximate surface area is 156 Å². The Bertz CT molecular complexity index is 997. The molecule has 0 saturated carbocycles. The molecule has 7 nitrogen and oxygen atoms in total. The minimum absolute atomic E-state index is 0.0181. The van der Waals surface area contributed by atoms with Gasteiger partial charge >= 0.3 is 0 Å². The van der Waals surface area contributed by atoms with Gasteiger partial charge in [0, 0.05) is 11.4 Å². The van der Waals surface area contributed by atoms with Crippen molar-refractivity contribution in [2.24, 2.45) is 5.92 Å². The van der Waals surface area contributed by atoms with Gasteiger partial charge in [-0.15, -0.1) is 11.3 Å². The number of rotatable bonds is 6. The number of carbonyl (C=O) groups is 1. The van der Waals surface area contributed by atoms with Crippen LogP contribution in [0.5, 0.6) is 0 Å². The topological polar surface area (TPSA) is 101 Å². The second-order valence-corrected chi connectivity index (χ2v) is 10.7. The first-order chi connectivity index (χ1) is 12.2. The number of benzene rings is 1. The minimum atomic E-state index is -3.71. The van der Waals surface area contributed by atoms with E-state index in [9.17, 15) is 21.6 Å². The van der Waals surface area contributed by atoms with Gasteiger partial charge in [0.05, 0.1) is 22.3 Å². The number of nitrogens with one attached hydrogen (secondary N) is 1. The van der Waals surface area contributed by atoms with Crippen LogP contribution in [0.25, 0.3) is 0 Å². The fraction of sp³-hybridized carbons (Fsp3) is 0.312. The lowest BCUT2D eigenvalue weighted by molar-refractivity contribution is -0.119. The van der Waals surface area contributed by atoms with Gasteiger partial charge in [0.1, 0.15) is 0 Å². The highest BCUT2D eigenvalue weighted by Gasteiger charge is 2.41. The van der Waals surface area contributed by atoms with Gasteiger partial charge in [-0.1, -0.05) is 13.0 Å². The van der Waals surface area contributed by atoms with Crippen LogP contribution in [-0.4, -0.2) is 35.0 Å². The number of hydrogen-bond acceptors (Lipinski definition) is 6. The number of anilines is 1.